The fraction of sp³-hybridized carbons (Fsp3) is 0.278. The normalized spacial score (nSPS) is 16.0. The van der Waals surface area contributed by atoms with Crippen molar-refractivity contribution in [1.82, 2.24) is 5.32 Å². The molecule has 1 atom stereocenters. The van der Waals surface area contributed by atoms with E-state index in [2.05, 4.69) is 10.0 Å². The molecule has 0 bridgehead atoms. The molecule has 8 heteroatoms. The third-order valence-electron chi connectivity index (χ3n) is 3.85. The summed E-state index contributed by atoms with van der Waals surface area (Å²) in [6, 6.07) is 12.2. The number of rotatable bonds is 5. The van der Waals surface area contributed by atoms with E-state index in [1.54, 1.807) is 19.1 Å². The Morgan fingerprint density at radius 2 is 1.92 bits per heavy atom. The van der Waals surface area contributed by atoms with Crippen LogP contribution in [0.1, 0.15) is 15.9 Å². The number of para-hydroxylation sites is 2. The van der Waals surface area contributed by atoms with E-state index < -0.39 is 10.0 Å². The van der Waals surface area contributed by atoms with Gasteiger partial charge in [-0.1, -0.05) is 18.2 Å². The number of amides is 1. The van der Waals surface area contributed by atoms with Crippen LogP contribution in [0.25, 0.3) is 0 Å². The van der Waals surface area contributed by atoms with Crippen LogP contribution in [0.3, 0.4) is 0 Å². The SMILES string of the molecule is Cc1ccc(C(=O)NCC2COc3ccccc3O2)cc1NS(C)(=O)=O. The Kier molecular flexibility index (Phi) is 5.03. The topological polar surface area (TPSA) is 93.7 Å². The minimum atomic E-state index is -3.42. The third-order valence-corrected chi connectivity index (χ3v) is 4.44. The fourth-order valence-electron chi connectivity index (χ4n) is 2.55. The van der Waals surface area contributed by atoms with Crippen LogP contribution in [-0.2, 0) is 10.0 Å². The summed E-state index contributed by atoms with van der Waals surface area (Å²) < 4.78 is 36.7. The maximum atomic E-state index is 12.4. The van der Waals surface area contributed by atoms with Crippen LogP contribution in [0.4, 0.5) is 5.69 Å². The minimum absolute atomic E-state index is 0.274. The van der Waals surface area contributed by atoms with Crippen molar-refractivity contribution >= 4 is 21.6 Å². The average Bonchev–Trinajstić information content (AvgIpc) is 2.60. The van der Waals surface area contributed by atoms with Crippen LogP contribution in [0.15, 0.2) is 42.5 Å². The molecule has 0 radical (unpaired) electrons. The first-order valence-corrected chi connectivity index (χ1v) is 9.96. The zero-order chi connectivity index (χ0) is 18.7. The Morgan fingerprint density at radius 1 is 1.19 bits per heavy atom. The molecule has 0 aliphatic carbocycles. The van der Waals surface area contributed by atoms with E-state index in [1.807, 2.05) is 24.3 Å². The average molecular weight is 376 g/mol. The Hall–Kier alpha value is -2.74. The van der Waals surface area contributed by atoms with Gasteiger partial charge in [0, 0.05) is 5.56 Å². The number of carbonyl (C=O) groups is 1. The number of hydrogen-bond acceptors (Lipinski definition) is 5. The molecule has 138 valence electrons. The number of nitrogens with one attached hydrogen (secondary N) is 2. The van der Waals surface area contributed by atoms with Gasteiger partial charge < -0.3 is 14.8 Å². The zero-order valence-corrected chi connectivity index (χ0v) is 15.3. The van der Waals surface area contributed by atoms with Gasteiger partial charge in [-0.15, -0.1) is 0 Å². The van der Waals surface area contributed by atoms with Crippen LogP contribution in [0.2, 0.25) is 0 Å². The summed E-state index contributed by atoms with van der Waals surface area (Å²) in [5.74, 6) is 1.02. The van der Waals surface area contributed by atoms with Gasteiger partial charge in [0.05, 0.1) is 18.5 Å². The molecule has 0 fully saturated rings. The Balaban J connectivity index is 1.63. The summed E-state index contributed by atoms with van der Waals surface area (Å²) in [4.78, 5) is 12.4. The molecule has 1 heterocycles. The second-order valence-electron chi connectivity index (χ2n) is 6.11. The number of ether oxygens (including phenoxy) is 2. The summed E-state index contributed by atoms with van der Waals surface area (Å²) in [6.07, 6.45) is 0.769. The molecule has 2 N–H and O–H groups in total. The van der Waals surface area contributed by atoms with Crippen molar-refractivity contribution in [3.8, 4) is 11.5 Å². The van der Waals surface area contributed by atoms with Gasteiger partial charge in [0.1, 0.15) is 12.7 Å². The first-order valence-electron chi connectivity index (χ1n) is 8.07. The van der Waals surface area contributed by atoms with E-state index >= 15 is 0 Å². The van der Waals surface area contributed by atoms with Crippen LogP contribution in [0, 0.1) is 6.92 Å². The summed E-state index contributed by atoms with van der Waals surface area (Å²) in [6.45, 7) is 2.38. The molecule has 0 aromatic heterocycles. The van der Waals surface area contributed by atoms with E-state index in [0.717, 1.165) is 11.8 Å². The highest BCUT2D eigenvalue weighted by molar-refractivity contribution is 7.92. The van der Waals surface area contributed by atoms with E-state index in [1.165, 1.54) is 6.07 Å². The van der Waals surface area contributed by atoms with Crippen LogP contribution < -0.4 is 19.5 Å². The minimum Gasteiger partial charge on any atom is -0.486 e. The lowest BCUT2D eigenvalue weighted by molar-refractivity contribution is 0.0789. The number of carbonyl (C=O) groups excluding carboxylic acids is 1. The predicted octanol–water partition coefficient (Wildman–Crippen LogP) is 1.94. The molecule has 0 saturated heterocycles. The predicted molar refractivity (Wildman–Crippen MR) is 98.3 cm³/mol. The van der Waals surface area contributed by atoms with Gasteiger partial charge in [-0.3, -0.25) is 9.52 Å². The molecule has 1 unspecified atom stereocenters. The molecule has 2 aromatic rings. The zero-order valence-electron chi connectivity index (χ0n) is 14.5. The van der Waals surface area contributed by atoms with Crippen molar-refractivity contribution < 1.29 is 22.7 Å². The van der Waals surface area contributed by atoms with Crippen LogP contribution in [0.5, 0.6) is 11.5 Å². The highest BCUT2D eigenvalue weighted by atomic mass is 32.2. The number of aryl methyl sites for hydroxylation is 1. The lowest BCUT2D eigenvalue weighted by Crippen LogP contribution is -2.40. The molecular weight excluding hydrogens is 356 g/mol. The Labute approximate surface area is 152 Å². The standard InChI is InChI=1S/C18H20N2O5S/c1-12-7-8-13(9-15(12)20-26(2,22)23)18(21)19-10-14-11-24-16-5-3-4-6-17(16)25-14/h3-9,14,20H,10-11H2,1-2H3,(H,19,21). The van der Waals surface area contributed by atoms with Gasteiger partial charge in [-0.05, 0) is 36.8 Å². The Bertz CT molecular complexity index is 927. The van der Waals surface area contributed by atoms with E-state index in [9.17, 15) is 13.2 Å². The quantitative estimate of drug-likeness (QED) is 0.832. The molecular formula is C18H20N2O5S. The van der Waals surface area contributed by atoms with Gasteiger partial charge in [0.2, 0.25) is 10.0 Å². The van der Waals surface area contributed by atoms with Crippen molar-refractivity contribution in [2.45, 2.75) is 13.0 Å². The van der Waals surface area contributed by atoms with Gasteiger partial charge in [0.15, 0.2) is 11.5 Å². The highest BCUT2D eigenvalue weighted by Crippen LogP contribution is 2.30. The second-order valence-corrected chi connectivity index (χ2v) is 7.86. The first-order chi connectivity index (χ1) is 12.3. The Morgan fingerprint density at radius 3 is 2.65 bits per heavy atom. The van der Waals surface area contributed by atoms with Crippen molar-refractivity contribution in [1.29, 1.82) is 0 Å². The molecule has 26 heavy (non-hydrogen) atoms. The van der Waals surface area contributed by atoms with Gasteiger partial charge in [0.25, 0.3) is 5.91 Å². The first kappa shape index (κ1) is 18.1. The molecule has 2 aromatic carbocycles. The van der Waals surface area contributed by atoms with E-state index in [4.69, 9.17) is 9.47 Å². The van der Waals surface area contributed by atoms with Gasteiger partial charge in [-0.25, -0.2) is 8.42 Å². The van der Waals surface area contributed by atoms with E-state index in [-0.39, 0.29) is 18.6 Å². The molecule has 7 nitrogen and oxygen atoms in total. The monoisotopic (exact) mass is 376 g/mol. The summed E-state index contributed by atoms with van der Waals surface area (Å²) in [5, 5.41) is 2.79. The van der Waals surface area contributed by atoms with Crippen LogP contribution >= 0.6 is 0 Å². The smallest absolute Gasteiger partial charge is 0.251 e. The summed E-state index contributed by atoms with van der Waals surface area (Å²) >= 11 is 0. The lowest BCUT2D eigenvalue weighted by Gasteiger charge is -2.26. The highest BCUT2D eigenvalue weighted by Gasteiger charge is 2.21. The number of anilines is 1. The van der Waals surface area contributed by atoms with Gasteiger partial charge in [-0.2, -0.15) is 0 Å². The number of hydrogen-bond donors (Lipinski definition) is 2. The van der Waals surface area contributed by atoms with Crippen molar-refractivity contribution in [2.24, 2.45) is 0 Å². The second kappa shape index (κ2) is 7.25. The maximum absolute atomic E-state index is 12.4. The summed E-state index contributed by atoms with van der Waals surface area (Å²) in [7, 11) is -3.42. The molecule has 3 rings (SSSR count). The maximum Gasteiger partial charge on any atom is 0.251 e. The summed E-state index contributed by atoms with van der Waals surface area (Å²) in [5.41, 5.74) is 1.47. The molecule has 1 aliphatic heterocycles. The third kappa shape index (κ3) is 4.45. The fourth-order valence-corrected chi connectivity index (χ4v) is 3.16. The molecule has 1 aliphatic rings. The molecule has 0 saturated carbocycles. The largest absolute Gasteiger partial charge is 0.486 e. The number of fused-ring (bicyclic) bond motifs is 1. The van der Waals surface area contributed by atoms with Crippen molar-refractivity contribution in [3.63, 3.8) is 0 Å². The lowest BCUT2D eigenvalue weighted by atomic mass is 10.1. The number of benzene rings is 2. The van der Waals surface area contributed by atoms with Crippen molar-refractivity contribution in [2.75, 3.05) is 24.1 Å². The number of sulfonamides is 1. The molecule has 1 amide bonds. The van der Waals surface area contributed by atoms with Crippen molar-refractivity contribution in [3.05, 3.63) is 53.6 Å². The van der Waals surface area contributed by atoms with Crippen LogP contribution in [-0.4, -0.2) is 39.8 Å². The van der Waals surface area contributed by atoms with E-state index in [0.29, 0.717) is 29.4 Å². The van der Waals surface area contributed by atoms with Gasteiger partial charge >= 0.3 is 0 Å². The molecule has 0 spiro atoms.